The summed E-state index contributed by atoms with van der Waals surface area (Å²) in [6.07, 6.45) is 2.74. The zero-order chi connectivity index (χ0) is 18.8. The Balaban J connectivity index is 2.75. The number of hydrogen-bond acceptors (Lipinski definition) is 1. The molecule has 2 aromatic rings. The fraction of sp³-hybridized carbons (Fsp3) is 0.417. The molecule has 134 valence electrons. The van der Waals surface area contributed by atoms with Crippen molar-refractivity contribution in [3.8, 4) is 5.75 Å². The van der Waals surface area contributed by atoms with Crippen molar-refractivity contribution in [2.45, 2.75) is 64.7 Å². The average Bonchev–Trinajstić information content (AvgIpc) is 2.52. The molecule has 1 heteroatoms. The van der Waals surface area contributed by atoms with Gasteiger partial charge in [-0.05, 0) is 33.9 Å². The smallest absolute Gasteiger partial charge is 0.123 e. The van der Waals surface area contributed by atoms with E-state index >= 15 is 0 Å². The minimum atomic E-state index is -0.116. The van der Waals surface area contributed by atoms with Gasteiger partial charge >= 0.3 is 0 Å². The summed E-state index contributed by atoms with van der Waals surface area (Å²) in [7, 11) is 0. The predicted molar refractivity (Wildman–Crippen MR) is 109 cm³/mol. The first-order valence-corrected chi connectivity index (χ1v) is 9.09. The molecule has 0 aliphatic heterocycles. The van der Waals surface area contributed by atoms with E-state index in [0.717, 1.165) is 17.5 Å². The molecular weight excluding hydrogens is 304 g/mol. The van der Waals surface area contributed by atoms with E-state index in [0.29, 0.717) is 5.75 Å². The minimum absolute atomic E-state index is 0.0257. The van der Waals surface area contributed by atoms with Crippen molar-refractivity contribution in [2.24, 2.45) is 0 Å². The second kappa shape index (κ2) is 7.07. The fourth-order valence-electron chi connectivity index (χ4n) is 3.22. The van der Waals surface area contributed by atoms with Gasteiger partial charge in [0, 0.05) is 11.5 Å². The molecule has 0 amide bonds. The molecule has 1 atom stereocenters. The highest BCUT2D eigenvalue weighted by Crippen LogP contribution is 2.43. The van der Waals surface area contributed by atoms with Crippen LogP contribution in [0.5, 0.6) is 5.75 Å². The minimum Gasteiger partial charge on any atom is -0.507 e. The summed E-state index contributed by atoms with van der Waals surface area (Å²) in [5, 5.41) is 11.1. The van der Waals surface area contributed by atoms with Crippen LogP contribution in [-0.4, -0.2) is 5.11 Å². The van der Waals surface area contributed by atoms with E-state index in [9.17, 15) is 5.11 Å². The maximum atomic E-state index is 11.1. The Labute approximate surface area is 153 Å². The van der Waals surface area contributed by atoms with Gasteiger partial charge in [0.15, 0.2) is 0 Å². The summed E-state index contributed by atoms with van der Waals surface area (Å²) in [6, 6.07) is 14.8. The summed E-state index contributed by atoms with van der Waals surface area (Å²) >= 11 is 0. The van der Waals surface area contributed by atoms with Crippen molar-refractivity contribution in [2.75, 3.05) is 0 Å². The highest BCUT2D eigenvalue weighted by molar-refractivity contribution is 5.52. The van der Waals surface area contributed by atoms with Gasteiger partial charge in [-0.25, -0.2) is 0 Å². The molecular formula is C24H32O. The van der Waals surface area contributed by atoms with Crippen LogP contribution < -0.4 is 0 Å². The number of hydrogen-bond donors (Lipinski definition) is 1. The SMILES string of the molecule is C=CCC(c1ccccc1)c1cc(C(C)(C)C)cc(C(C)(C)C)c1O. The maximum absolute atomic E-state index is 11.1. The van der Waals surface area contributed by atoms with E-state index in [1.165, 1.54) is 11.1 Å². The molecule has 1 N–H and O–H groups in total. The molecule has 0 saturated carbocycles. The number of aromatic hydroxyl groups is 1. The lowest BCUT2D eigenvalue weighted by Crippen LogP contribution is -2.18. The Morgan fingerprint density at radius 1 is 0.960 bits per heavy atom. The third-order valence-electron chi connectivity index (χ3n) is 4.79. The Bertz CT molecular complexity index is 727. The lowest BCUT2D eigenvalue weighted by Gasteiger charge is -2.29. The van der Waals surface area contributed by atoms with Crippen molar-refractivity contribution in [1.29, 1.82) is 0 Å². The summed E-state index contributed by atoms with van der Waals surface area (Å²) in [5.74, 6) is 0.540. The highest BCUT2D eigenvalue weighted by Gasteiger charge is 2.27. The first-order valence-electron chi connectivity index (χ1n) is 9.09. The molecule has 0 fully saturated rings. The Hall–Kier alpha value is -2.02. The van der Waals surface area contributed by atoms with E-state index in [-0.39, 0.29) is 16.7 Å². The third kappa shape index (κ3) is 4.34. The summed E-state index contributed by atoms with van der Waals surface area (Å²) < 4.78 is 0. The molecule has 0 heterocycles. The molecule has 0 aliphatic rings. The number of phenolic OH excluding ortho intramolecular Hbond substituents is 1. The second-order valence-corrected chi connectivity index (χ2v) is 8.95. The van der Waals surface area contributed by atoms with Crippen molar-refractivity contribution in [1.82, 2.24) is 0 Å². The topological polar surface area (TPSA) is 20.2 Å². The Morgan fingerprint density at radius 2 is 1.56 bits per heavy atom. The van der Waals surface area contributed by atoms with Crippen molar-refractivity contribution >= 4 is 0 Å². The van der Waals surface area contributed by atoms with E-state index < -0.39 is 0 Å². The van der Waals surface area contributed by atoms with Crippen LogP contribution in [0.1, 0.15) is 76.1 Å². The molecule has 1 unspecified atom stereocenters. The van der Waals surface area contributed by atoms with E-state index in [2.05, 4.69) is 84.5 Å². The second-order valence-electron chi connectivity index (χ2n) is 8.95. The third-order valence-corrected chi connectivity index (χ3v) is 4.79. The lowest BCUT2D eigenvalue weighted by molar-refractivity contribution is 0.435. The molecule has 0 saturated heterocycles. The predicted octanol–water partition coefficient (Wildman–Crippen LogP) is 6.70. The number of phenols is 1. The van der Waals surface area contributed by atoms with Gasteiger partial charge in [-0.2, -0.15) is 0 Å². The van der Waals surface area contributed by atoms with Crippen LogP contribution in [0.2, 0.25) is 0 Å². The van der Waals surface area contributed by atoms with Gasteiger partial charge < -0.3 is 5.11 Å². The number of allylic oxidation sites excluding steroid dienone is 1. The van der Waals surface area contributed by atoms with Crippen LogP contribution in [-0.2, 0) is 10.8 Å². The lowest BCUT2D eigenvalue weighted by atomic mass is 9.76. The molecule has 0 spiro atoms. The van der Waals surface area contributed by atoms with Gasteiger partial charge in [0.05, 0.1) is 0 Å². The standard InChI is InChI=1S/C24H32O/c1-8-12-19(17-13-10-9-11-14-17)20-15-18(23(2,3)4)16-21(22(20)25)24(5,6)7/h8-11,13-16,19,25H,1,12H2,2-7H3. The van der Waals surface area contributed by atoms with Crippen LogP contribution >= 0.6 is 0 Å². The van der Waals surface area contributed by atoms with Crippen molar-refractivity contribution < 1.29 is 5.11 Å². The highest BCUT2D eigenvalue weighted by atomic mass is 16.3. The van der Waals surface area contributed by atoms with Crippen LogP contribution in [0, 0.1) is 0 Å². The van der Waals surface area contributed by atoms with E-state index in [1.54, 1.807) is 0 Å². The molecule has 2 rings (SSSR count). The molecule has 0 radical (unpaired) electrons. The molecule has 2 aromatic carbocycles. The normalized spacial score (nSPS) is 13.5. The first-order chi connectivity index (χ1) is 11.6. The summed E-state index contributed by atoms with van der Waals surface area (Å²) in [6.45, 7) is 17.1. The first kappa shape index (κ1) is 19.3. The van der Waals surface area contributed by atoms with Gasteiger partial charge in [0.2, 0.25) is 0 Å². The molecule has 0 bridgehead atoms. The van der Waals surface area contributed by atoms with Crippen molar-refractivity contribution in [3.63, 3.8) is 0 Å². The summed E-state index contributed by atoms with van der Waals surface area (Å²) in [4.78, 5) is 0. The summed E-state index contributed by atoms with van der Waals surface area (Å²) in [5.41, 5.74) is 4.40. The van der Waals surface area contributed by atoms with Crippen LogP contribution in [0.15, 0.2) is 55.1 Å². The van der Waals surface area contributed by atoms with Gasteiger partial charge in [0.1, 0.15) is 5.75 Å². The fourth-order valence-corrected chi connectivity index (χ4v) is 3.22. The number of benzene rings is 2. The molecule has 0 aromatic heterocycles. The largest absolute Gasteiger partial charge is 0.507 e. The number of rotatable bonds is 4. The van der Waals surface area contributed by atoms with Crippen molar-refractivity contribution in [3.05, 3.63) is 77.4 Å². The quantitative estimate of drug-likeness (QED) is 0.616. The van der Waals surface area contributed by atoms with Crippen LogP contribution in [0.4, 0.5) is 0 Å². The Kier molecular flexibility index (Phi) is 5.46. The molecule has 1 nitrogen and oxygen atoms in total. The van der Waals surface area contributed by atoms with Gasteiger partial charge in [-0.3, -0.25) is 0 Å². The van der Waals surface area contributed by atoms with Crippen LogP contribution in [0.3, 0.4) is 0 Å². The van der Waals surface area contributed by atoms with Gasteiger partial charge in [-0.1, -0.05) is 90.1 Å². The average molecular weight is 337 g/mol. The van der Waals surface area contributed by atoms with Gasteiger partial charge in [0.25, 0.3) is 0 Å². The van der Waals surface area contributed by atoms with E-state index in [1.807, 2.05) is 12.1 Å². The Morgan fingerprint density at radius 3 is 2.04 bits per heavy atom. The molecule has 25 heavy (non-hydrogen) atoms. The molecule has 0 aliphatic carbocycles. The zero-order valence-corrected chi connectivity index (χ0v) is 16.6. The van der Waals surface area contributed by atoms with Crippen LogP contribution in [0.25, 0.3) is 0 Å². The zero-order valence-electron chi connectivity index (χ0n) is 16.6. The van der Waals surface area contributed by atoms with E-state index in [4.69, 9.17) is 0 Å². The van der Waals surface area contributed by atoms with Gasteiger partial charge in [-0.15, -0.1) is 6.58 Å². The maximum Gasteiger partial charge on any atom is 0.123 e. The monoisotopic (exact) mass is 336 g/mol.